The first-order valence-corrected chi connectivity index (χ1v) is 6.66. The van der Waals surface area contributed by atoms with Gasteiger partial charge in [0.2, 0.25) is 0 Å². The van der Waals surface area contributed by atoms with Crippen molar-refractivity contribution < 1.29 is 4.79 Å². The van der Waals surface area contributed by atoms with Gasteiger partial charge in [-0.1, -0.05) is 0 Å². The molecule has 1 aliphatic heterocycles. The van der Waals surface area contributed by atoms with Gasteiger partial charge >= 0.3 is 0 Å². The summed E-state index contributed by atoms with van der Waals surface area (Å²) >= 11 is 0. The number of halogens is 2. The lowest BCUT2D eigenvalue weighted by atomic mass is 10.1. The van der Waals surface area contributed by atoms with Gasteiger partial charge in [0.05, 0.1) is 5.56 Å². The molecule has 8 heteroatoms. The molecule has 0 aromatic carbocycles. The number of nitrogens with one attached hydrogen (secondary N) is 1. The predicted molar refractivity (Wildman–Crippen MR) is 88.6 cm³/mol. The number of piperazine rings is 1. The molecule has 1 N–H and O–H groups in total. The molecule has 22 heavy (non-hydrogen) atoms. The van der Waals surface area contributed by atoms with Gasteiger partial charge in [0.1, 0.15) is 11.9 Å². The van der Waals surface area contributed by atoms with Crippen LogP contribution in [-0.4, -0.2) is 45.0 Å². The Kier molecular flexibility index (Phi) is 6.80. The van der Waals surface area contributed by atoms with Crippen LogP contribution in [0.2, 0.25) is 0 Å². The number of carbonyl (C=O) groups excluding carboxylic acids is 1. The van der Waals surface area contributed by atoms with Gasteiger partial charge in [-0.15, -0.1) is 24.8 Å². The molecule has 1 aliphatic rings. The number of rotatable bonds is 2. The SMILES string of the molecule is Cl.Cl.Cn1ccnc1C1CNCCN1C(=O)c1cccnc1. The maximum Gasteiger partial charge on any atom is 0.256 e. The zero-order valence-corrected chi connectivity index (χ0v) is 13.8. The largest absolute Gasteiger partial charge is 0.336 e. The van der Waals surface area contributed by atoms with Crippen LogP contribution in [0.25, 0.3) is 0 Å². The van der Waals surface area contributed by atoms with Crippen molar-refractivity contribution in [1.82, 2.24) is 24.8 Å². The summed E-state index contributed by atoms with van der Waals surface area (Å²) in [5, 5.41) is 3.32. The van der Waals surface area contributed by atoms with Crippen LogP contribution >= 0.6 is 24.8 Å². The number of nitrogens with zero attached hydrogens (tertiary/aromatic N) is 4. The molecule has 0 saturated carbocycles. The topological polar surface area (TPSA) is 63.1 Å². The first-order valence-electron chi connectivity index (χ1n) is 6.66. The molecule has 0 radical (unpaired) electrons. The van der Waals surface area contributed by atoms with E-state index in [0.717, 1.165) is 18.9 Å². The van der Waals surface area contributed by atoms with Gasteiger partial charge in [-0.3, -0.25) is 9.78 Å². The third kappa shape index (κ3) is 3.58. The molecule has 3 rings (SSSR count). The van der Waals surface area contributed by atoms with Crippen molar-refractivity contribution >= 4 is 30.7 Å². The second-order valence-electron chi connectivity index (χ2n) is 4.86. The highest BCUT2D eigenvalue weighted by Gasteiger charge is 2.30. The maximum absolute atomic E-state index is 12.6. The van der Waals surface area contributed by atoms with Crippen LogP contribution in [-0.2, 0) is 7.05 Å². The molecule has 0 bridgehead atoms. The number of carbonyl (C=O) groups is 1. The summed E-state index contributed by atoms with van der Waals surface area (Å²) in [7, 11) is 1.95. The van der Waals surface area contributed by atoms with E-state index in [9.17, 15) is 4.79 Å². The summed E-state index contributed by atoms with van der Waals surface area (Å²) < 4.78 is 1.96. The quantitative estimate of drug-likeness (QED) is 0.896. The summed E-state index contributed by atoms with van der Waals surface area (Å²) in [6, 6.07) is 3.54. The molecule has 1 saturated heterocycles. The standard InChI is InChI=1S/C14H17N5O.2ClH/c1-18-7-6-17-13(18)12-10-16-5-8-19(12)14(20)11-3-2-4-15-9-11;;/h2-4,6-7,9,12,16H,5,8,10H2,1H3;2*1H. The lowest BCUT2D eigenvalue weighted by Crippen LogP contribution is -2.49. The molecular weight excluding hydrogens is 325 g/mol. The minimum absolute atomic E-state index is 0. The fraction of sp³-hybridized carbons (Fsp3) is 0.357. The lowest BCUT2D eigenvalue weighted by molar-refractivity contribution is 0.0620. The molecule has 2 aromatic heterocycles. The van der Waals surface area contributed by atoms with Crippen molar-refractivity contribution in [3.05, 3.63) is 48.3 Å². The van der Waals surface area contributed by atoms with Gasteiger partial charge in [0, 0.05) is 51.5 Å². The van der Waals surface area contributed by atoms with Gasteiger partial charge < -0.3 is 14.8 Å². The molecule has 6 nitrogen and oxygen atoms in total. The maximum atomic E-state index is 12.6. The molecular formula is C14H19Cl2N5O. The number of pyridine rings is 1. The van der Waals surface area contributed by atoms with Crippen molar-refractivity contribution in [2.24, 2.45) is 7.05 Å². The summed E-state index contributed by atoms with van der Waals surface area (Å²) in [6.45, 7) is 2.19. The fourth-order valence-electron chi connectivity index (χ4n) is 2.53. The van der Waals surface area contributed by atoms with E-state index in [4.69, 9.17) is 0 Å². The van der Waals surface area contributed by atoms with Gasteiger partial charge in [0.15, 0.2) is 0 Å². The van der Waals surface area contributed by atoms with Gasteiger partial charge in [-0.25, -0.2) is 4.98 Å². The summed E-state index contributed by atoms with van der Waals surface area (Å²) in [5.74, 6) is 0.905. The Morgan fingerprint density at radius 2 is 2.18 bits per heavy atom. The molecule has 2 aromatic rings. The summed E-state index contributed by atoms with van der Waals surface area (Å²) in [6.07, 6.45) is 6.94. The minimum Gasteiger partial charge on any atom is -0.336 e. The molecule has 0 spiro atoms. The third-order valence-electron chi connectivity index (χ3n) is 3.57. The minimum atomic E-state index is -0.0449. The predicted octanol–water partition coefficient (Wildman–Crippen LogP) is 1.45. The number of aromatic nitrogens is 3. The zero-order chi connectivity index (χ0) is 13.9. The molecule has 1 unspecified atom stereocenters. The van der Waals surface area contributed by atoms with E-state index < -0.39 is 0 Å². The second kappa shape index (κ2) is 8.12. The van der Waals surface area contributed by atoms with Crippen molar-refractivity contribution in [3.8, 4) is 0 Å². The normalized spacial score (nSPS) is 17.3. The van der Waals surface area contributed by atoms with Gasteiger partial charge in [-0.05, 0) is 12.1 Å². The fourth-order valence-corrected chi connectivity index (χ4v) is 2.53. The number of aryl methyl sites for hydroxylation is 1. The number of hydrogen-bond donors (Lipinski definition) is 1. The summed E-state index contributed by atoms with van der Waals surface area (Å²) in [4.78, 5) is 22.9. The highest BCUT2D eigenvalue weighted by molar-refractivity contribution is 5.94. The summed E-state index contributed by atoms with van der Waals surface area (Å²) in [5.41, 5.74) is 0.619. The van der Waals surface area contributed by atoms with E-state index in [1.54, 1.807) is 30.7 Å². The van der Waals surface area contributed by atoms with E-state index >= 15 is 0 Å². The van der Waals surface area contributed by atoms with Crippen molar-refractivity contribution in [2.75, 3.05) is 19.6 Å². The van der Waals surface area contributed by atoms with Crippen LogP contribution in [0.4, 0.5) is 0 Å². The van der Waals surface area contributed by atoms with E-state index in [1.807, 2.05) is 22.7 Å². The Bertz CT molecular complexity index is 604. The van der Waals surface area contributed by atoms with Crippen LogP contribution in [0.1, 0.15) is 22.2 Å². The first kappa shape index (κ1) is 18.4. The lowest BCUT2D eigenvalue weighted by Gasteiger charge is -2.35. The number of amides is 1. The van der Waals surface area contributed by atoms with Crippen LogP contribution in [0.15, 0.2) is 36.9 Å². The monoisotopic (exact) mass is 343 g/mol. The van der Waals surface area contributed by atoms with Crippen LogP contribution in [0.5, 0.6) is 0 Å². The molecule has 1 atom stereocenters. The van der Waals surface area contributed by atoms with E-state index in [-0.39, 0.29) is 36.8 Å². The number of hydrogen-bond acceptors (Lipinski definition) is 4. The van der Waals surface area contributed by atoms with Crippen LogP contribution < -0.4 is 5.32 Å². The van der Waals surface area contributed by atoms with Crippen molar-refractivity contribution in [2.45, 2.75) is 6.04 Å². The second-order valence-corrected chi connectivity index (χ2v) is 4.86. The molecule has 3 heterocycles. The zero-order valence-electron chi connectivity index (χ0n) is 12.2. The van der Waals surface area contributed by atoms with E-state index in [1.165, 1.54) is 0 Å². The smallest absolute Gasteiger partial charge is 0.256 e. The Balaban J connectivity index is 0.00000121. The molecule has 120 valence electrons. The highest BCUT2D eigenvalue weighted by Crippen LogP contribution is 2.22. The Hall–Kier alpha value is -1.63. The molecule has 1 fully saturated rings. The van der Waals surface area contributed by atoms with Crippen molar-refractivity contribution in [1.29, 1.82) is 0 Å². The van der Waals surface area contributed by atoms with Crippen LogP contribution in [0.3, 0.4) is 0 Å². The van der Waals surface area contributed by atoms with Gasteiger partial charge in [0.25, 0.3) is 5.91 Å². The highest BCUT2D eigenvalue weighted by atomic mass is 35.5. The number of imidazole rings is 1. The molecule has 0 aliphatic carbocycles. The first-order chi connectivity index (χ1) is 9.77. The molecule has 1 amide bonds. The average Bonchev–Trinajstić information content (AvgIpc) is 2.93. The van der Waals surface area contributed by atoms with Crippen LogP contribution in [0, 0.1) is 0 Å². The van der Waals surface area contributed by atoms with Crippen molar-refractivity contribution in [3.63, 3.8) is 0 Å². The van der Waals surface area contributed by atoms with Gasteiger partial charge in [-0.2, -0.15) is 0 Å². The van der Waals surface area contributed by atoms with E-state index in [0.29, 0.717) is 12.1 Å². The Labute approximate surface area is 141 Å². The average molecular weight is 344 g/mol. The Morgan fingerprint density at radius 1 is 1.36 bits per heavy atom. The van der Waals surface area contributed by atoms with E-state index in [2.05, 4.69) is 15.3 Å². The third-order valence-corrected chi connectivity index (χ3v) is 3.57. The Morgan fingerprint density at radius 3 is 2.82 bits per heavy atom.